The summed E-state index contributed by atoms with van der Waals surface area (Å²) < 4.78 is 6.40. The number of hydrogen-bond acceptors (Lipinski definition) is 4. The normalized spacial score (nSPS) is 12.7. The average Bonchev–Trinajstić information content (AvgIpc) is 2.86. The second-order valence-electron chi connectivity index (χ2n) is 4.65. The number of halogens is 1. The van der Waals surface area contributed by atoms with Crippen LogP contribution in [0.5, 0.6) is 5.75 Å². The molecule has 0 aliphatic rings. The summed E-state index contributed by atoms with van der Waals surface area (Å²) in [5, 5.41) is 2.08. The number of nitrogens with zero attached hydrogens (tertiary/aromatic N) is 1. The quantitative estimate of drug-likeness (QED) is 0.860. The Kier molecular flexibility index (Phi) is 5.60. The minimum absolute atomic E-state index is 0.218. The van der Waals surface area contributed by atoms with Crippen LogP contribution in [0.15, 0.2) is 40.2 Å². The fourth-order valence-electron chi connectivity index (χ4n) is 2.20. The van der Waals surface area contributed by atoms with Gasteiger partial charge in [-0.15, -0.1) is 11.3 Å². The lowest BCUT2D eigenvalue weighted by Crippen LogP contribution is -2.29. The standard InChI is InChI=1S/C15H19BrN2OS/c1-18(10-11-4-3-5-12(8-11)19-2)14(9-17)15-13(16)6-7-20-15/h3-8,14H,9-10,17H2,1-2H3. The van der Waals surface area contributed by atoms with Gasteiger partial charge in [0.2, 0.25) is 0 Å². The van der Waals surface area contributed by atoms with E-state index in [0.717, 1.165) is 16.8 Å². The van der Waals surface area contributed by atoms with Crippen molar-refractivity contribution in [2.75, 3.05) is 20.7 Å². The summed E-state index contributed by atoms with van der Waals surface area (Å²) in [6.45, 7) is 1.43. The first kappa shape index (κ1) is 15.5. The van der Waals surface area contributed by atoms with E-state index in [2.05, 4.69) is 51.5 Å². The number of likely N-dealkylation sites (N-methyl/N-ethyl adjacent to an activating group) is 1. The number of thiophene rings is 1. The molecule has 0 spiro atoms. The highest BCUT2D eigenvalue weighted by molar-refractivity contribution is 9.10. The number of hydrogen-bond donors (Lipinski definition) is 1. The zero-order valence-corrected chi connectivity index (χ0v) is 14.1. The Morgan fingerprint density at radius 3 is 2.80 bits per heavy atom. The van der Waals surface area contributed by atoms with Gasteiger partial charge in [-0.25, -0.2) is 0 Å². The molecular formula is C15H19BrN2OS. The third-order valence-corrected chi connectivity index (χ3v) is 5.24. The van der Waals surface area contributed by atoms with Crippen LogP contribution in [0.1, 0.15) is 16.5 Å². The van der Waals surface area contributed by atoms with Gasteiger partial charge in [0, 0.05) is 22.4 Å². The van der Waals surface area contributed by atoms with Crippen LogP contribution in [0, 0.1) is 0 Å². The first-order valence-corrected chi connectivity index (χ1v) is 8.09. The van der Waals surface area contributed by atoms with Gasteiger partial charge in [0.05, 0.1) is 13.2 Å². The van der Waals surface area contributed by atoms with Crippen molar-refractivity contribution in [3.05, 3.63) is 50.6 Å². The second kappa shape index (κ2) is 7.22. The van der Waals surface area contributed by atoms with Crippen molar-refractivity contribution in [1.82, 2.24) is 4.90 Å². The Morgan fingerprint density at radius 2 is 2.20 bits per heavy atom. The van der Waals surface area contributed by atoms with Gasteiger partial charge in [-0.2, -0.15) is 0 Å². The Hall–Kier alpha value is -0.880. The van der Waals surface area contributed by atoms with Crippen molar-refractivity contribution in [2.24, 2.45) is 5.73 Å². The summed E-state index contributed by atoms with van der Waals surface area (Å²) >= 11 is 5.33. The maximum absolute atomic E-state index is 5.96. The molecule has 5 heteroatoms. The first-order valence-electron chi connectivity index (χ1n) is 6.41. The highest BCUT2D eigenvalue weighted by atomic mass is 79.9. The molecule has 0 fully saturated rings. The molecule has 0 aliphatic heterocycles. The highest BCUT2D eigenvalue weighted by Crippen LogP contribution is 2.32. The number of rotatable bonds is 6. The summed E-state index contributed by atoms with van der Waals surface area (Å²) in [6, 6.07) is 10.4. The molecule has 3 nitrogen and oxygen atoms in total. The molecule has 2 aromatic rings. The molecule has 0 aliphatic carbocycles. The van der Waals surface area contributed by atoms with Gasteiger partial charge in [0.25, 0.3) is 0 Å². The fourth-order valence-corrected chi connectivity index (χ4v) is 4.02. The molecule has 0 saturated heterocycles. The van der Waals surface area contributed by atoms with Crippen molar-refractivity contribution < 1.29 is 4.74 Å². The minimum Gasteiger partial charge on any atom is -0.497 e. The molecule has 0 bridgehead atoms. The Labute approximate surface area is 132 Å². The Balaban J connectivity index is 2.13. The van der Waals surface area contributed by atoms with Crippen molar-refractivity contribution in [3.8, 4) is 5.75 Å². The summed E-state index contributed by atoms with van der Waals surface area (Å²) in [4.78, 5) is 3.55. The molecular weight excluding hydrogens is 336 g/mol. The van der Waals surface area contributed by atoms with Crippen molar-refractivity contribution in [3.63, 3.8) is 0 Å². The van der Waals surface area contributed by atoms with E-state index in [-0.39, 0.29) is 6.04 Å². The van der Waals surface area contributed by atoms with E-state index in [1.807, 2.05) is 12.1 Å². The van der Waals surface area contributed by atoms with Crippen LogP contribution in [0.25, 0.3) is 0 Å². The van der Waals surface area contributed by atoms with Gasteiger partial charge < -0.3 is 10.5 Å². The van der Waals surface area contributed by atoms with Crippen molar-refractivity contribution in [1.29, 1.82) is 0 Å². The monoisotopic (exact) mass is 354 g/mol. The Morgan fingerprint density at radius 1 is 1.40 bits per heavy atom. The lowest BCUT2D eigenvalue weighted by Gasteiger charge is -2.26. The molecule has 108 valence electrons. The topological polar surface area (TPSA) is 38.5 Å². The van der Waals surface area contributed by atoms with E-state index in [4.69, 9.17) is 10.5 Å². The predicted molar refractivity (Wildman–Crippen MR) is 88.3 cm³/mol. The minimum atomic E-state index is 0.218. The average molecular weight is 355 g/mol. The molecule has 0 radical (unpaired) electrons. The SMILES string of the molecule is COc1cccc(CN(C)C(CN)c2sccc2Br)c1. The molecule has 1 aromatic carbocycles. The predicted octanol–water partition coefficient (Wildman–Crippen LogP) is 3.65. The van der Waals surface area contributed by atoms with E-state index >= 15 is 0 Å². The fraction of sp³-hybridized carbons (Fsp3) is 0.333. The largest absolute Gasteiger partial charge is 0.497 e. The van der Waals surface area contributed by atoms with Crippen LogP contribution in [0.4, 0.5) is 0 Å². The zero-order valence-electron chi connectivity index (χ0n) is 11.7. The number of ether oxygens (including phenoxy) is 1. The van der Waals surface area contributed by atoms with Crippen molar-refractivity contribution in [2.45, 2.75) is 12.6 Å². The third-order valence-electron chi connectivity index (χ3n) is 3.27. The number of nitrogens with two attached hydrogens (primary N) is 1. The van der Waals surface area contributed by atoms with E-state index in [1.165, 1.54) is 10.4 Å². The molecule has 1 unspecified atom stereocenters. The molecule has 2 N–H and O–H groups in total. The summed E-state index contributed by atoms with van der Waals surface area (Å²) in [6.07, 6.45) is 0. The van der Waals surface area contributed by atoms with Crippen LogP contribution >= 0.6 is 27.3 Å². The molecule has 2 rings (SSSR count). The lowest BCUT2D eigenvalue weighted by atomic mass is 10.1. The van der Waals surface area contributed by atoms with Gasteiger partial charge in [0.1, 0.15) is 5.75 Å². The highest BCUT2D eigenvalue weighted by Gasteiger charge is 2.19. The van der Waals surface area contributed by atoms with Gasteiger partial charge in [-0.1, -0.05) is 12.1 Å². The van der Waals surface area contributed by atoms with Gasteiger partial charge >= 0.3 is 0 Å². The van der Waals surface area contributed by atoms with Crippen LogP contribution in [0.3, 0.4) is 0 Å². The zero-order chi connectivity index (χ0) is 14.5. The van der Waals surface area contributed by atoms with Crippen LogP contribution in [0.2, 0.25) is 0 Å². The van der Waals surface area contributed by atoms with Gasteiger partial charge in [-0.05, 0) is 52.1 Å². The maximum Gasteiger partial charge on any atom is 0.119 e. The van der Waals surface area contributed by atoms with E-state index in [1.54, 1.807) is 18.4 Å². The van der Waals surface area contributed by atoms with Crippen LogP contribution in [-0.4, -0.2) is 25.6 Å². The molecule has 1 aromatic heterocycles. The number of methoxy groups -OCH3 is 1. The van der Waals surface area contributed by atoms with Crippen LogP contribution < -0.4 is 10.5 Å². The maximum atomic E-state index is 5.96. The lowest BCUT2D eigenvalue weighted by molar-refractivity contribution is 0.244. The molecule has 1 atom stereocenters. The summed E-state index contributed by atoms with van der Waals surface area (Å²) in [5.41, 5.74) is 7.18. The smallest absolute Gasteiger partial charge is 0.119 e. The number of benzene rings is 1. The molecule has 20 heavy (non-hydrogen) atoms. The van der Waals surface area contributed by atoms with E-state index < -0.39 is 0 Å². The molecule has 0 saturated carbocycles. The van der Waals surface area contributed by atoms with E-state index in [0.29, 0.717) is 6.54 Å². The van der Waals surface area contributed by atoms with Gasteiger partial charge in [-0.3, -0.25) is 4.90 Å². The third kappa shape index (κ3) is 3.61. The molecule has 1 heterocycles. The summed E-state index contributed by atoms with van der Waals surface area (Å²) in [5.74, 6) is 0.887. The Bertz CT molecular complexity index is 558. The molecule has 0 amide bonds. The van der Waals surface area contributed by atoms with Gasteiger partial charge in [0.15, 0.2) is 0 Å². The van der Waals surface area contributed by atoms with Crippen LogP contribution in [-0.2, 0) is 6.54 Å². The summed E-state index contributed by atoms with van der Waals surface area (Å²) in [7, 11) is 3.79. The van der Waals surface area contributed by atoms with E-state index in [9.17, 15) is 0 Å². The van der Waals surface area contributed by atoms with Crippen molar-refractivity contribution >= 4 is 27.3 Å². The first-order chi connectivity index (χ1) is 9.65. The second-order valence-corrected chi connectivity index (χ2v) is 6.45.